The van der Waals surface area contributed by atoms with Crippen molar-refractivity contribution in [1.82, 2.24) is 30.1 Å². The van der Waals surface area contributed by atoms with Gasteiger partial charge >= 0.3 is 16.4 Å². The van der Waals surface area contributed by atoms with Gasteiger partial charge in [0.2, 0.25) is 0 Å². The predicted octanol–water partition coefficient (Wildman–Crippen LogP) is 2.48. The van der Waals surface area contributed by atoms with Crippen LogP contribution in [0.1, 0.15) is 42.5 Å². The van der Waals surface area contributed by atoms with E-state index in [-0.39, 0.29) is 10.8 Å². The lowest BCUT2D eigenvalue weighted by molar-refractivity contribution is -0.218. The minimum Gasteiger partial charge on any atom is -0.487 e. The molecule has 0 spiro atoms. The largest absolute Gasteiger partial charge is 0.487 e. The lowest BCUT2D eigenvalue weighted by Crippen LogP contribution is -2.76. The number of carbonyl (C=O) groups excluding carboxylic acids is 3. The molecule has 2 aliphatic heterocycles. The molecule has 2 saturated heterocycles. The van der Waals surface area contributed by atoms with Crippen molar-refractivity contribution in [1.29, 1.82) is 0 Å². The van der Waals surface area contributed by atoms with Crippen molar-refractivity contribution in [2.45, 2.75) is 44.1 Å². The number of amides is 2. The van der Waals surface area contributed by atoms with Crippen LogP contribution >= 0.6 is 11.3 Å². The van der Waals surface area contributed by atoms with Crippen molar-refractivity contribution in [2.75, 3.05) is 25.4 Å². The Kier molecular flexibility index (Phi) is 11.2. The summed E-state index contributed by atoms with van der Waals surface area (Å²) < 4.78 is 50.1. The van der Waals surface area contributed by atoms with Gasteiger partial charge in [-0.1, -0.05) is 65.8 Å². The quantitative estimate of drug-likeness (QED) is 0.0368. The zero-order valence-electron chi connectivity index (χ0n) is 30.5. The third kappa shape index (κ3) is 9.05. The molecule has 2 unspecified atom stereocenters. The molecule has 3 aromatic heterocycles. The number of β-lactam (4-membered cyclic amide) rings is 1. The molecule has 0 saturated carbocycles. The van der Waals surface area contributed by atoms with Crippen LogP contribution < -0.4 is 21.1 Å². The van der Waals surface area contributed by atoms with E-state index in [1.54, 1.807) is 18.3 Å². The van der Waals surface area contributed by atoms with Crippen LogP contribution in [0.25, 0.3) is 5.65 Å². The molecule has 2 aliphatic rings. The van der Waals surface area contributed by atoms with Gasteiger partial charge in [0.05, 0.1) is 17.4 Å². The molecule has 0 radical (unpaired) electrons. The summed E-state index contributed by atoms with van der Waals surface area (Å²) in [6, 6.07) is 20.3. The number of rotatable bonds is 16. The number of thiazole rings is 1. The summed E-state index contributed by atoms with van der Waals surface area (Å²) in [5.41, 5.74) is 6.91. The summed E-state index contributed by atoms with van der Waals surface area (Å²) in [7, 11) is -5.04. The number of ether oxygens (including phenoxy) is 2. The Labute approximate surface area is 330 Å². The van der Waals surface area contributed by atoms with Crippen LogP contribution in [0.4, 0.5) is 5.13 Å². The first-order chi connectivity index (χ1) is 27.2. The summed E-state index contributed by atoms with van der Waals surface area (Å²) in [5, 5.41) is 11.7. The van der Waals surface area contributed by atoms with Crippen LogP contribution in [-0.4, -0.2) is 93.3 Å². The summed E-state index contributed by atoms with van der Waals surface area (Å²) in [4.78, 5) is 55.3. The number of hydrogen-bond donors (Lipinski definition) is 4. The number of carbonyl (C=O) groups is 3. The van der Waals surface area contributed by atoms with Gasteiger partial charge in [-0.15, -0.1) is 15.6 Å². The van der Waals surface area contributed by atoms with E-state index in [1.165, 1.54) is 19.2 Å². The van der Waals surface area contributed by atoms with E-state index < -0.39 is 64.3 Å². The number of nitrogens with one attached hydrogen (secondary N) is 2. The topological polar surface area (TPSA) is 238 Å². The molecule has 57 heavy (non-hydrogen) atoms. The molecular formula is C37H38N8O10S2. The third-order valence-corrected chi connectivity index (χ3v) is 10.3. The van der Waals surface area contributed by atoms with E-state index in [9.17, 15) is 22.8 Å². The number of nitrogens with two attached hydrogens (primary N) is 1. The molecule has 298 valence electrons. The molecule has 0 aliphatic carbocycles. The van der Waals surface area contributed by atoms with Gasteiger partial charge in [-0.25, -0.2) is 14.8 Å². The molecule has 5 heterocycles. The highest BCUT2D eigenvalue weighted by atomic mass is 32.3. The average molecular weight is 819 g/mol. The van der Waals surface area contributed by atoms with Crippen molar-refractivity contribution < 1.29 is 45.9 Å². The van der Waals surface area contributed by atoms with Gasteiger partial charge < -0.3 is 35.1 Å². The molecule has 2 fully saturated rings. The Morgan fingerprint density at radius 1 is 1.05 bits per heavy atom. The number of hydrogen-bond acceptors (Lipinski definition) is 15. The first kappa shape index (κ1) is 39.3. The minimum absolute atomic E-state index is 0.0517. The lowest BCUT2D eigenvalue weighted by Gasteiger charge is -2.50. The number of oxime groups is 1. The fourth-order valence-corrected chi connectivity index (χ4v) is 7.22. The lowest BCUT2D eigenvalue weighted by atomic mass is 9.84. The monoisotopic (exact) mass is 818 g/mol. The van der Waals surface area contributed by atoms with Crippen molar-refractivity contribution in [3.8, 4) is 5.75 Å². The number of pyridine rings is 1. The van der Waals surface area contributed by atoms with Gasteiger partial charge in [0.25, 0.3) is 17.9 Å². The summed E-state index contributed by atoms with van der Waals surface area (Å²) in [5.74, 6) is -1.96. The summed E-state index contributed by atoms with van der Waals surface area (Å²) in [6.07, 6.45) is 2.04. The van der Waals surface area contributed by atoms with Gasteiger partial charge in [-0.05, 0) is 62.5 Å². The number of nitrogens with zero attached hydrogens (tertiary/aromatic N) is 5. The van der Waals surface area contributed by atoms with E-state index in [4.69, 9.17) is 29.6 Å². The second-order valence-electron chi connectivity index (χ2n) is 13.8. The standard InChI is InChI=1S/C37H38N8O10S2/c1-37(2)32(34(47)45(37)55-57(49,50)51)42-33(46)30(27-21-56-36(38)41-27)43-54-28(35(48)53-31(23-9-5-3-6-10-23)24-11-7-4-8-12-24)20-52-26-13-14-29-40-25(18-44(29)19-26)15-22-16-39-17-22/h3-14,18-19,21-22,28,31-32,39H,15-17,20H2,1-2H3,(H2,38,41)(H,42,46)(H,49,50,51)/b43-30-. The van der Waals surface area contributed by atoms with Crippen LogP contribution in [0.3, 0.4) is 0 Å². The zero-order valence-corrected chi connectivity index (χ0v) is 32.2. The van der Waals surface area contributed by atoms with E-state index >= 15 is 0 Å². The second kappa shape index (κ2) is 16.3. The molecular weight excluding hydrogens is 781 g/mol. The zero-order chi connectivity index (χ0) is 40.3. The van der Waals surface area contributed by atoms with Crippen molar-refractivity contribution in [3.05, 3.63) is 113 Å². The van der Waals surface area contributed by atoms with E-state index in [2.05, 4.69) is 25.1 Å². The molecule has 20 heteroatoms. The van der Waals surface area contributed by atoms with Gasteiger partial charge in [-0.2, -0.15) is 13.5 Å². The van der Waals surface area contributed by atoms with E-state index in [0.717, 1.165) is 36.5 Å². The molecule has 2 amide bonds. The molecule has 7 rings (SSSR count). The predicted molar refractivity (Wildman–Crippen MR) is 205 cm³/mol. The molecule has 2 aromatic carbocycles. The van der Waals surface area contributed by atoms with Crippen LogP contribution in [0, 0.1) is 5.92 Å². The SMILES string of the molecule is CC1(C)C(NC(=O)/C(=N\OC(COc2ccc3nc(CC4CNC4)cn3c2)C(=O)OC(c2ccccc2)c2ccccc2)c2csc(N)n2)C(=O)N1OS(=O)(=O)O. The number of fused-ring (bicyclic) bond motifs is 1. The Morgan fingerprint density at radius 3 is 2.32 bits per heavy atom. The van der Waals surface area contributed by atoms with Crippen LogP contribution in [-0.2, 0) is 45.1 Å². The van der Waals surface area contributed by atoms with Crippen LogP contribution in [0.15, 0.2) is 95.7 Å². The van der Waals surface area contributed by atoms with Gasteiger partial charge in [0.1, 0.15) is 29.7 Å². The van der Waals surface area contributed by atoms with Crippen LogP contribution in [0.5, 0.6) is 5.75 Å². The maximum Gasteiger partial charge on any atom is 0.418 e. The fraction of sp³-hybridized carbons (Fsp3) is 0.297. The maximum absolute atomic E-state index is 14.1. The summed E-state index contributed by atoms with van der Waals surface area (Å²) >= 11 is 0.991. The molecule has 0 bridgehead atoms. The second-order valence-corrected chi connectivity index (χ2v) is 15.7. The Balaban J connectivity index is 1.16. The Hall–Kier alpha value is -5.93. The smallest absolute Gasteiger partial charge is 0.418 e. The van der Waals surface area contributed by atoms with Gasteiger partial charge in [-0.3, -0.25) is 14.1 Å². The van der Waals surface area contributed by atoms with Crippen molar-refractivity contribution in [3.63, 3.8) is 0 Å². The number of esters is 1. The number of nitrogen functional groups attached to an aromatic ring is 1. The average Bonchev–Trinajstić information content (AvgIpc) is 3.79. The van der Waals surface area contributed by atoms with Crippen molar-refractivity contribution >= 4 is 56.0 Å². The Morgan fingerprint density at radius 2 is 1.74 bits per heavy atom. The number of imidazole rings is 1. The highest BCUT2D eigenvalue weighted by Gasteiger charge is 2.58. The van der Waals surface area contributed by atoms with Crippen LogP contribution in [0.2, 0.25) is 0 Å². The first-order valence-corrected chi connectivity index (χ1v) is 19.9. The molecule has 5 aromatic rings. The molecule has 18 nitrogen and oxygen atoms in total. The Bertz CT molecular complexity index is 2360. The number of anilines is 1. The molecule has 5 N–H and O–H groups in total. The van der Waals surface area contributed by atoms with Crippen molar-refractivity contribution in [2.24, 2.45) is 11.1 Å². The number of benzene rings is 2. The van der Waals surface area contributed by atoms with Gasteiger partial charge in [0.15, 0.2) is 16.9 Å². The summed E-state index contributed by atoms with van der Waals surface area (Å²) in [6.45, 7) is 4.25. The fourth-order valence-electron chi connectivity index (χ4n) is 6.22. The molecule has 2 atom stereocenters. The highest BCUT2D eigenvalue weighted by molar-refractivity contribution is 7.80. The van der Waals surface area contributed by atoms with Gasteiger partial charge in [0, 0.05) is 11.6 Å². The third-order valence-electron chi connectivity index (χ3n) is 9.31. The number of aromatic nitrogens is 3. The first-order valence-electron chi connectivity index (χ1n) is 17.6. The van der Waals surface area contributed by atoms with E-state index in [1.807, 2.05) is 71.3 Å². The minimum atomic E-state index is -5.04. The maximum atomic E-state index is 14.1. The van der Waals surface area contributed by atoms with E-state index in [0.29, 0.717) is 33.5 Å². The highest BCUT2D eigenvalue weighted by Crippen LogP contribution is 2.33. The normalized spacial score (nSPS) is 17.5. The number of hydroxylamine groups is 2.